The van der Waals surface area contributed by atoms with Crippen LogP contribution >= 0.6 is 11.3 Å². The van der Waals surface area contributed by atoms with Crippen LogP contribution in [0, 0.1) is 6.92 Å². The molecule has 2 rings (SSSR count). The fourth-order valence-corrected chi connectivity index (χ4v) is 2.78. The molecule has 0 saturated carbocycles. The third-order valence-corrected chi connectivity index (χ3v) is 3.43. The van der Waals surface area contributed by atoms with Crippen LogP contribution in [0.4, 0.5) is 0 Å². The van der Waals surface area contributed by atoms with E-state index in [-0.39, 0.29) is 12.1 Å². The van der Waals surface area contributed by atoms with Crippen LogP contribution in [0.25, 0.3) is 0 Å². The van der Waals surface area contributed by atoms with E-state index in [0.717, 1.165) is 0 Å². The molecule has 0 fully saturated rings. The molecule has 15 heavy (non-hydrogen) atoms. The number of aromatic nitrogens is 2. The van der Waals surface area contributed by atoms with Gasteiger partial charge < -0.3 is 5.73 Å². The van der Waals surface area contributed by atoms with Gasteiger partial charge in [0, 0.05) is 28.2 Å². The molecule has 0 aliphatic carbocycles. The lowest BCUT2D eigenvalue weighted by atomic mass is 10.1. The van der Waals surface area contributed by atoms with Crippen LogP contribution in [-0.4, -0.2) is 15.8 Å². The molecule has 0 aliphatic rings. The molecule has 2 unspecified atom stereocenters. The summed E-state index contributed by atoms with van der Waals surface area (Å²) in [6.07, 6.45) is 3.75. The molecule has 2 heterocycles. The van der Waals surface area contributed by atoms with Gasteiger partial charge in [0.2, 0.25) is 0 Å². The normalized spacial score (nSPS) is 15.1. The van der Waals surface area contributed by atoms with Crippen molar-refractivity contribution in [3.8, 4) is 0 Å². The van der Waals surface area contributed by atoms with Crippen LogP contribution in [0.5, 0.6) is 0 Å². The van der Waals surface area contributed by atoms with Gasteiger partial charge in [0.1, 0.15) is 6.04 Å². The Balaban J connectivity index is 2.36. The van der Waals surface area contributed by atoms with Crippen LogP contribution in [0.15, 0.2) is 30.6 Å². The molecule has 80 valence electrons. The molecule has 0 spiro atoms. The Morgan fingerprint density at radius 1 is 1.47 bits per heavy atom. The fraction of sp³-hybridized carbons (Fsp3) is 0.364. The van der Waals surface area contributed by atoms with Crippen molar-refractivity contribution in [1.29, 1.82) is 0 Å². The quantitative estimate of drug-likeness (QED) is 0.863. The Kier molecular flexibility index (Phi) is 2.88. The first-order valence-electron chi connectivity index (χ1n) is 4.99. The van der Waals surface area contributed by atoms with E-state index in [2.05, 4.69) is 24.2 Å². The number of rotatable bonds is 3. The highest BCUT2D eigenvalue weighted by molar-refractivity contribution is 7.12. The van der Waals surface area contributed by atoms with Gasteiger partial charge in [0.05, 0.1) is 0 Å². The summed E-state index contributed by atoms with van der Waals surface area (Å²) >= 11 is 1.78. The second-order valence-corrected chi connectivity index (χ2v) is 5.06. The number of nitrogens with zero attached hydrogens (tertiary/aromatic N) is 2. The molecule has 2 aromatic heterocycles. The molecule has 0 saturated heterocycles. The highest BCUT2D eigenvalue weighted by Crippen LogP contribution is 2.27. The molecule has 4 heteroatoms. The van der Waals surface area contributed by atoms with Gasteiger partial charge in [-0.1, -0.05) is 0 Å². The fourth-order valence-electron chi connectivity index (χ4n) is 1.69. The Labute approximate surface area is 93.5 Å². The average molecular weight is 221 g/mol. The number of aryl methyl sites for hydroxylation is 1. The monoisotopic (exact) mass is 221 g/mol. The summed E-state index contributed by atoms with van der Waals surface area (Å²) in [5, 5.41) is 4.27. The lowest BCUT2D eigenvalue weighted by molar-refractivity contribution is 0.460. The minimum absolute atomic E-state index is 0.0583. The van der Waals surface area contributed by atoms with E-state index >= 15 is 0 Å². The van der Waals surface area contributed by atoms with Crippen molar-refractivity contribution in [2.45, 2.75) is 25.9 Å². The summed E-state index contributed by atoms with van der Waals surface area (Å²) in [4.78, 5) is 2.58. The predicted molar refractivity (Wildman–Crippen MR) is 63.1 cm³/mol. The van der Waals surface area contributed by atoms with Crippen LogP contribution in [-0.2, 0) is 0 Å². The highest BCUT2D eigenvalue weighted by atomic mass is 32.1. The van der Waals surface area contributed by atoms with Crippen molar-refractivity contribution in [2.75, 3.05) is 0 Å². The number of hydrogen-bond acceptors (Lipinski definition) is 3. The van der Waals surface area contributed by atoms with Crippen molar-refractivity contribution < 1.29 is 0 Å². The van der Waals surface area contributed by atoms with E-state index in [1.807, 2.05) is 23.9 Å². The van der Waals surface area contributed by atoms with Gasteiger partial charge in [-0.3, -0.25) is 4.68 Å². The Morgan fingerprint density at radius 2 is 2.27 bits per heavy atom. The van der Waals surface area contributed by atoms with Crippen LogP contribution < -0.4 is 5.73 Å². The largest absolute Gasteiger partial charge is 0.326 e. The van der Waals surface area contributed by atoms with Crippen LogP contribution in [0.2, 0.25) is 0 Å². The van der Waals surface area contributed by atoms with Crippen molar-refractivity contribution in [3.05, 3.63) is 40.3 Å². The second kappa shape index (κ2) is 4.16. The molecule has 0 aliphatic heterocycles. The second-order valence-electron chi connectivity index (χ2n) is 3.74. The van der Waals surface area contributed by atoms with E-state index in [1.165, 1.54) is 9.75 Å². The SMILES string of the molecule is Cc1ccc(C(C(C)N)n2cccn2)s1. The zero-order valence-electron chi connectivity index (χ0n) is 8.92. The average Bonchev–Trinajstić information content (AvgIpc) is 2.77. The van der Waals surface area contributed by atoms with Gasteiger partial charge in [-0.2, -0.15) is 5.10 Å². The molecule has 0 radical (unpaired) electrons. The van der Waals surface area contributed by atoms with E-state index in [1.54, 1.807) is 17.5 Å². The summed E-state index contributed by atoms with van der Waals surface area (Å²) in [5.41, 5.74) is 6.01. The van der Waals surface area contributed by atoms with E-state index in [0.29, 0.717) is 0 Å². The van der Waals surface area contributed by atoms with Gasteiger partial charge in [-0.05, 0) is 32.0 Å². The minimum Gasteiger partial charge on any atom is -0.326 e. The summed E-state index contributed by atoms with van der Waals surface area (Å²) in [5.74, 6) is 0. The van der Waals surface area contributed by atoms with Crippen molar-refractivity contribution >= 4 is 11.3 Å². The smallest absolute Gasteiger partial charge is 0.101 e. The standard InChI is InChI=1S/C11H15N3S/c1-8-4-5-10(15-8)11(9(2)12)14-7-3-6-13-14/h3-7,9,11H,12H2,1-2H3. The maximum absolute atomic E-state index is 6.01. The Morgan fingerprint density at radius 3 is 2.73 bits per heavy atom. The van der Waals surface area contributed by atoms with Crippen LogP contribution in [0.1, 0.15) is 22.7 Å². The summed E-state index contributed by atoms with van der Waals surface area (Å²) < 4.78 is 1.93. The lowest BCUT2D eigenvalue weighted by Crippen LogP contribution is -2.29. The zero-order chi connectivity index (χ0) is 10.8. The summed E-state index contributed by atoms with van der Waals surface area (Å²) in [6.45, 7) is 4.12. The molecule has 0 aromatic carbocycles. The van der Waals surface area contributed by atoms with Crippen molar-refractivity contribution in [1.82, 2.24) is 9.78 Å². The van der Waals surface area contributed by atoms with Gasteiger partial charge >= 0.3 is 0 Å². The first-order valence-corrected chi connectivity index (χ1v) is 5.81. The Hall–Kier alpha value is -1.13. The number of hydrogen-bond donors (Lipinski definition) is 1. The maximum atomic E-state index is 6.01. The first kappa shape index (κ1) is 10.4. The van der Waals surface area contributed by atoms with E-state index in [4.69, 9.17) is 5.73 Å². The number of nitrogens with two attached hydrogens (primary N) is 1. The summed E-state index contributed by atoms with van der Waals surface area (Å²) in [6, 6.07) is 6.39. The third kappa shape index (κ3) is 2.11. The van der Waals surface area contributed by atoms with Gasteiger partial charge in [0.15, 0.2) is 0 Å². The van der Waals surface area contributed by atoms with Crippen LogP contribution in [0.3, 0.4) is 0 Å². The van der Waals surface area contributed by atoms with E-state index in [9.17, 15) is 0 Å². The molecule has 2 atom stereocenters. The van der Waals surface area contributed by atoms with Crippen molar-refractivity contribution in [3.63, 3.8) is 0 Å². The minimum atomic E-state index is 0.0583. The molecule has 2 N–H and O–H groups in total. The molecule has 3 nitrogen and oxygen atoms in total. The summed E-state index contributed by atoms with van der Waals surface area (Å²) in [7, 11) is 0. The third-order valence-electron chi connectivity index (χ3n) is 2.36. The lowest BCUT2D eigenvalue weighted by Gasteiger charge is -2.19. The predicted octanol–water partition coefficient (Wildman–Crippen LogP) is 2.19. The van der Waals surface area contributed by atoms with Gasteiger partial charge in [-0.25, -0.2) is 0 Å². The Bertz CT molecular complexity index is 417. The molecule has 2 aromatic rings. The molecular formula is C11H15N3S. The molecule has 0 amide bonds. The van der Waals surface area contributed by atoms with Crippen molar-refractivity contribution in [2.24, 2.45) is 5.73 Å². The van der Waals surface area contributed by atoms with Gasteiger partial charge in [-0.15, -0.1) is 11.3 Å². The number of thiophene rings is 1. The van der Waals surface area contributed by atoms with E-state index < -0.39 is 0 Å². The first-order chi connectivity index (χ1) is 7.18. The van der Waals surface area contributed by atoms with Gasteiger partial charge in [0.25, 0.3) is 0 Å². The molecule has 0 bridgehead atoms. The topological polar surface area (TPSA) is 43.8 Å². The zero-order valence-corrected chi connectivity index (χ0v) is 9.74. The highest BCUT2D eigenvalue weighted by Gasteiger charge is 2.19. The maximum Gasteiger partial charge on any atom is 0.101 e. The molecular weight excluding hydrogens is 206 g/mol.